The molecule has 1 rings (SSSR count). The third-order valence-electron chi connectivity index (χ3n) is 1.25. The van der Waals surface area contributed by atoms with Crippen LogP contribution in [0.15, 0.2) is 23.9 Å². The fraction of sp³-hybridized carbons (Fsp3) is 0.429. The molecule has 0 saturated heterocycles. The molecule has 1 aliphatic carbocycles. The van der Waals surface area contributed by atoms with Gasteiger partial charge in [-0.25, -0.2) is 0 Å². The Bertz CT molecular complexity index is 138. The monoisotopic (exact) mass is 125 g/mol. The molecule has 50 valence electrons. The largest absolute Gasteiger partial charge is 0.280 e. The van der Waals surface area contributed by atoms with Gasteiger partial charge < -0.3 is 0 Å². The Morgan fingerprint density at radius 3 is 3.11 bits per heavy atom. The van der Waals surface area contributed by atoms with Crippen molar-refractivity contribution in [2.45, 2.75) is 12.8 Å². The molecule has 1 N–H and O–H groups in total. The highest BCUT2D eigenvalue weighted by Crippen LogP contribution is 2.07. The van der Waals surface area contributed by atoms with E-state index in [-0.39, 0.29) is 0 Å². The molecule has 0 saturated carbocycles. The van der Waals surface area contributed by atoms with Crippen LogP contribution in [0, 0.1) is 0 Å². The van der Waals surface area contributed by atoms with Crippen LogP contribution >= 0.6 is 0 Å². The van der Waals surface area contributed by atoms with E-state index in [0.717, 1.165) is 18.5 Å². The highest BCUT2D eigenvalue weighted by Gasteiger charge is 1.95. The van der Waals surface area contributed by atoms with E-state index in [1.807, 2.05) is 12.2 Å². The van der Waals surface area contributed by atoms with E-state index in [1.54, 1.807) is 7.11 Å². The van der Waals surface area contributed by atoms with Crippen LogP contribution in [-0.2, 0) is 4.84 Å². The van der Waals surface area contributed by atoms with Crippen LogP contribution in [0.25, 0.3) is 0 Å². The second-order valence-corrected chi connectivity index (χ2v) is 1.96. The molecule has 0 atom stereocenters. The van der Waals surface area contributed by atoms with Crippen LogP contribution in [0.2, 0.25) is 0 Å². The maximum absolute atomic E-state index is 4.73. The summed E-state index contributed by atoms with van der Waals surface area (Å²) in [6, 6.07) is 0. The van der Waals surface area contributed by atoms with Crippen LogP contribution < -0.4 is 5.48 Å². The summed E-state index contributed by atoms with van der Waals surface area (Å²) in [7, 11) is 1.62. The minimum atomic E-state index is 1.06. The zero-order valence-electron chi connectivity index (χ0n) is 5.55. The Morgan fingerprint density at radius 2 is 2.56 bits per heavy atom. The first-order chi connectivity index (χ1) is 4.43. The van der Waals surface area contributed by atoms with Gasteiger partial charge in [-0.2, -0.15) is 0 Å². The average molecular weight is 125 g/mol. The minimum absolute atomic E-state index is 1.06. The number of allylic oxidation sites excluding steroid dienone is 4. The number of nitrogens with one attached hydrogen (secondary N) is 1. The van der Waals surface area contributed by atoms with Crippen LogP contribution in [0.4, 0.5) is 0 Å². The number of hydrogen-bond acceptors (Lipinski definition) is 2. The molecular formula is C7H11NO. The van der Waals surface area contributed by atoms with Gasteiger partial charge in [-0.3, -0.25) is 10.3 Å². The number of rotatable bonds is 2. The highest BCUT2D eigenvalue weighted by molar-refractivity contribution is 5.14. The Hall–Kier alpha value is -0.760. The first-order valence-corrected chi connectivity index (χ1v) is 3.08. The fourth-order valence-corrected chi connectivity index (χ4v) is 0.819. The van der Waals surface area contributed by atoms with Gasteiger partial charge >= 0.3 is 0 Å². The smallest absolute Gasteiger partial charge is 0.0636 e. The van der Waals surface area contributed by atoms with Crippen LogP contribution in [0.1, 0.15) is 12.8 Å². The molecular weight excluding hydrogens is 114 g/mol. The van der Waals surface area contributed by atoms with Crippen molar-refractivity contribution < 1.29 is 4.84 Å². The molecule has 2 nitrogen and oxygen atoms in total. The lowest BCUT2D eigenvalue weighted by Gasteiger charge is -2.08. The van der Waals surface area contributed by atoms with Gasteiger partial charge in [0.2, 0.25) is 0 Å². The van der Waals surface area contributed by atoms with Gasteiger partial charge in [-0.1, -0.05) is 12.2 Å². The topological polar surface area (TPSA) is 21.3 Å². The molecule has 9 heavy (non-hydrogen) atoms. The van der Waals surface area contributed by atoms with E-state index < -0.39 is 0 Å². The zero-order chi connectivity index (χ0) is 6.53. The van der Waals surface area contributed by atoms with E-state index in [4.69, 9.17) is 4.84 Å². The summed E-state index contributed by atoms with van der Waals surface area (Å²) < 4.78 is 0. The van der Waals surface area contributed by atoms with Gasteiger partial charge in [0.05, 0.1) is 7.11 Å². The van der Waals surface area contributed by atoms with Crippen molar-refractivity contribution in [2.75, 3.05) is 7.11 Å². The predicted molar refractivity (Wildman–Crippen MR) is 36.6 cm³/mol. The molecule has 0 unspecified atom stereocenters. The normalized spacial score (nSPS) is 17.2. The maximum Gasteiger partial charge on any atom is 0.0636 e. The third kappa shape index (κ3) is 1.90. The Balaban J connectivity index is 2.38. The first kappa shape index (κ1) is 6.36. The highest BCUT2D eigenvalue weighted by atomic mass is 16.6. The van der Waals surface area contributed by atoms with Crippen LogP contribution in [-0.4, -0.2) is 7.11 Å². The van der Waals surface area contributed by atoms with Gasteiger partial charge in [0.25, 0.3) is 0 Å². The molecule has 1 aliphatic rings. The van der Waals surface area contributed by atoms with Crippen LogP contribution in [0.5, 0.6) is 0 Å². The molecule has 0 aromatic carbocycles. The molecule has 0 aromatic rings. The van der Waals surface area contributed by atoms with Crippen molar-refractivity contribution in [3.8, 4) is 0 Å². The molecule has 0 fully saturated rings. The SMILES string of the molecule is CONC1=CC=CCC1. The van der Waals surface area contributed by atoms with Gasteiger partial charge in [-0.05, 0) is 18.9 Å². The standard InChI is InChI=1S/C7H11NO/c1-9-8-7-5-3-2-4-6-7/h2-3,5,8H,4,6H2,1H3. The maximum atomic E-state index is 4.73. The van der Waals surface area contributed by atoms with Crippen LogP contribution in [0.3, 0.4) is 0 Å². The summed E-state index contributed by atoms with van der Waals surface area (Å²) >= 11 is 0. The second-order valence-electron chi connectivity index (χ2n) is 1.96. The molecule has 0 aromatic heterocycles. The van der Waals surface area contributed by atoms with E-state index in [0.29, 0.717) is 0 Å². The zero-order valence-corrected chi connectivity index (χ0v) is 5.55. The predicted octanol–water partition coefficient (Wildman–Crippen LogP) is 1.37. The lowest BCUT2D eigenvalue weighted by Crippen LogP contribution is -2.11. The van der Waals surface area contributed by atoms with E-state index in [2.05, 4.69) is 11.6 Å². The molecule has 0 heterocycles. The van der Waals surface area contributed by atoms with Crippen molar-refractivity contribution in [3.05, 3.63) is 23.9 Å². The van der Waals surface area contributed by atoms with Crippen molar-refractivity contribution in [1.29, 1.82) is 0 Å². The van der Waals surface area contributed by atoms with Gasteiger partial charge in [0.15, 0.2) is 0 Å². The second kappa shape index (κ2) is 3.30. The Labute approximate surface area is 55.2 Å². The molecule has 2 heteroatoms. The molecule has 0 amide bonds. The lowest BCUT2D eigenvalue weighted by molar-refractivity contribution is 0.115. The summed E-state index contributed by atoms with van der Waals surface area (Å²) in [6.07, 6.45) is 8.37. The van der Waals surface area contributed by atoms with Crippen molar-refractivity contribution >= 4 is 0 Å². The van der Waals surface area contributed by atoms with Crippen molar-refractivity contribution in [2.24, 2.45) is 0 Å². The number of hydroxylamine groups is 1. The quantitative estimate of drug-likeness (QED) is 0.563. The van der Waals surface area contributed by atoms with Crippen molar-refractivity contribution in [3.63, 3.8) is 0 Å². The Kier molecular flexibility index (Phi) is 2.33. The van der Waals surface area contributed by atoms with E-state index >= 15 is 0 Å². The summed E-state index contributed by atoms with van der Waals surface area (Å²) in [5.41, 5.74) is 3.95. The summed E-state index contributed by atoms with van der Waals surface area (Å²) in [4.78, 5) is 4.73. The van der Waals surface area contributed by atoms with Gasteiger partial charge in [0, 0.05) is 5.70 Å². The lowest BCUT2D eigenvalue weighted by atomic mass is 10.1. The summed E-state index contributed by atoms with van der Waals surface area (Å²) in [6.45, 7) is 0. The first-order valence-electron chi connectivity index (χ1n) is 3.08. The molecule has 0 spiro atoms. The minimum Gasteiger partial charge on any atom is -0.280 e. The Morgan fingerprint density at radius 1 is 1.67 bits per heavy atom. The average Bonchev–Trinajstić information content (AvgIpc) is 1.91. The molecule has 0 radical (unpaired) electrons. The summed E-state index contributed by atoms with van der Waals surface area (Å²) in [5.74, 6) is 0. The van der Waals surface area contributed by atoms with E-state index in [9.17, 15) is 0 Å². The van der Waals surface area contributed by atoms with E-state index in [1.165, 1.54) is 0 Å². The van der Waals surface area contributed by atoms with Crippen molar-refractivity contribution in [1.82, 2.24) is 5.48 Å². The fourth-order valence-electron chi connectivity index (χ4n) is 0.819. The molecule has 0 bridgehead atoms. The number of hydrogen-bond donors (Lipinski definition) is 1. The van der Waals surface area contributed by atoms with Gasteiger partial charge in [-0.15, -0.1) is 0 Å². The van der Waals surface area contributed by atoms with Gasteiger partial charge in [0.1, 0.15) is 0 Å². The molecule has 0 aliphatic heterocycles. The third-order valence-corrected chi connectivity index (χ3v) is 1.25. The summed E-state index contributed by atoms with van der Waals surface area (Å²) in [5, 5.41) is 0.